The highest BCUT2D eigenvalue weighted by Gasteiger charge is 2.18. The Kier molecular flexibility index (Phi) is 2.59. The highest BCUT2D eigenvalue weighted by atomic mass is 14.9. The van der Waals surface area contributed by atoms with Crippen LogP contribution >= 0.6 is 0 Å². The number of rotatable bonds is 2. The first kappa shape index (κ1) is 10.3. The predicted octanol–water partition coefficient (Wildman–Crippen LogP) is 3.49. The van der Waals surface area contributed by atoms with Crippen molar-refractivity contribution in [1.82, 2.24) is 4.98 Å². The van der Waals surface area contributed by atoms with E-state index >= 15 is 0 Å². The lowest BCUT2D eigenvalue weighted by molar-refractivity contribution is 0.854. The first-order valence-corrected chi connectivity index (χ1v) is 5.64. The molecular formula is C13H18N2. The Morgan fingerprint density at radius 3 is 2.47 bits per heavy atom. The van der Waals surface area contributed by atoms with Gasteiger partial charge in [0, 0.05) is 18.3 Å². The third-order valence-electron chi connectivity index (χ3n) is 2.91. The lowest BCUT2D eigenvalue weighted by Gasteiger charge is -2.05. The quantitative estimate of drug-likeness (QED) is 0.720. The van der Waals surface area contributed by atoms with Gasteiger partial charge in [-0.15, -0.1) is 0 Å². The molecule has 2 rings (SSSR count). The molecular weight excluding hydrogens is 184 g/mol. The molecule has 0 unspecified atom stereocenters. The summed E-state index contributed by atoms with van der Waals surface area (Å²) >= 11 is 0. The van der Waals surface area contributed by atoms with Crippen molar-refractivity contribution in [3.8, 4) is 0 Å². The van der Waals surface area contributed by atoms with Gasteiger partial charge in [-0.25, -0.2) is 0 Å². The SMILES string of the molecule is CC(C)C1=Nc2cc(C(C)C)cnc2C1. The minimum atomic E-state index is 0.529. The Morgan fingerprint density at radius 2 is 1.87 bits per heavy atom. The number of aromatic nitrogens is 1. The molecule has 0 aliphatic carbocycles. The molecule has 2 heterocycles. The summed E-state index contributed by atoms with van der Waals surface area (Å²) in [5, 5.41) is 0. The number of hydrogen-bond donors (Lipinski definition) is 0. The molecule has 0 bridgehead atoms. The van der Waals surface area contributed by atoms with E-state index in [0.717, 1.165) is 17.8 Å². The van der Waals surface area contributed by atoms with Gasteiger partial charge in [0.1, 0.15) is 0 Å². The first-order valence-electron chi connectivity index (χ1n) is 5.64. The molecule has 1 aromatic heterocycles. The number of aliphatic imine (C=N–C) groups is 1. The third-order valence-corrected chi connectivity index (χ3v) is 2.91. The fourth-order valence-corrected chi connectivity index (χ4v) is 1.74. The van der Waals surface area contributed by atoms with Gasteiger partial charge in [-0.1, -0.05) is 27.7 Å². The lowest BCUT2D eigenvalue weighted by Crippen LogP contribution is -2.06. The van der Waals surface area contributed by atoms with E-state index in [4.69, 9.17) is 0 Å². The van der Waals surface area contributed by atoms with E-state index in [1.165, 1.54) is 11.3 Å². The van der Waals surface area contributed by atoms with Crippen LogP contribution in [0.4, 0.5) is 5.69 Å². The Bertz CT molecular complexity index is 403. The molecule has 1 aliphatic rings. The molecule has 0 N–H and O–H groups in total. The summed E-state index contributed by atoms with van der Waals surface area (Å²) in [4.78, 5) is 9.15. The molecule has 0 aromatic carbocycles. The molecule has 0 radical (unpaired) electrons. The van der Waals surface area contributed by atoms with Gasteiger partial charge in [0.25, 0.3) is 0 Å². The number of fused-ring (bicyclic) bond motifs is 1. The maximum absolute atomic E-state index is 4.65. The molecule has 80 valence electrons. The zero-order valence-corrected chi connectivity index (χ0v) is 9.91. The number of nitrogens with zero attached hydrogens (tertiary/aromatic N) is 2. The van der Waals surface area contributed by atoms with Crippen LogP contribution in [0.5, 0.6) is 0 Å². The average Bonchev–Trinajstić information content (AvgIpc) is 2.59. The van der Waals surface area contributed by atoms with Crippen LogP contribution in [0, 0.1) is 5.92 Å². The molecule has 0 fully saturated rings. The van der Waals surface area contributed by atoms with Gasteiger partial charge >= 0.3 is 0 Å². The second kappa shape index (κ2) is 3.76. The maximum atomic E-state index is 4.65. The second-order valence-electron chi connectivity index (χ2n) is 4.82. The highest BCUT2D eigenvalue weighted by Crippen LogP contribution is 2.29. The van der Waals surface area contributed by atoms with Crippen molar-refractivity contribution in [3.05, 3.63) is 23.5 Å². The smallest absolute Gasteiger partial charge is 0.0851 e. The fourth-order valence-electron chi connectivity index (χ4n) is 1.74. The van der Waals surface area contributed by atoms with Crippen LogP contribution in [0.3, 0.4) is 0 Å². The van der Waals surface area contributed by atoms with Gasteiger partial charge < -0.3 is 0 Å². The zero-order valence-electron chi connectivity index (χ0n) is 9.91. The monoisotopic (exact) mass is 202 g/mol. The van der Waals surface area contributed by atoms with Gasteiger partial charge in [-0.3, -0.25) is 9.98 Å². The number of hydrogen-bond acceptors (Lipinski definition) is 2. The van der Waals surface area contributed by atoms with Gasteiger partial charge in [0.15, 0.2) is 0 Å². The summed E-state index contributed by atoms with van der Waals surface area (Å²) in [5.74, 6) is 1.06. The first-order chi connectivity index (χ1) is 7.08. The topological polar surface area (TPSA) is 25.2 Å². The van der Waals surface area contributed by atoms with Crippen LogP contribution in [0.1, 0.15) is 44.9 Å². The molecule has 0 atom stereocenters. The standard InChI is InChI=1S/C13H18N2/c1-8(2)10-5-13-12(14-7-10)6-11(15-13)9(3)4/h5,7-9H,6H2,1-4H3. The van der Waals surface area contributed by atoms with Crippen LogP contribution in [0.25, 0.3) is 0 Å². The molecule has 0 spiro atoms. The van der Waals surface area contributed by atoms with Gasteiger partial charge in [-0.2, -0.15) is 0 Å². The predicted molar refractivity (Wildman–Crippen MR) is 64.0 cm³/mol. The molecule has 0 amide bonds. The Morgan fingerprint density at radius 1 is 1.13 bits per heavy atom. The van der Waals surface area contributed by atoms with Crippen LogP contribution in [0.2, 0.25) is 0 Å². The highest BCUT2D eigenvalue weighted by molar-refractivity contribution is 5.94. The van der Waals surface area contributed by atoms with Gasteiger partial charge in [0.2, 0.25) is 0 Å². The van der Waals surface area contributed by atoms with Crippen LogP contribution in [0.15, 0.2) is 17.3 Å². The van der Waals surface area contributed by atoms with E-state index in [0.29, 0.717) is 11.8 Å². The van der Waals surface area contributed by atoms with Crippen LogP contribution in [-0.4, -0.2) is 10.7 Å². The van der Waals surface area contributed by atoms with Crippen LogP contribution in [-0.2, 0) is 6.42 Å². The molecule has 15 heavy (non-hydrogen) atoms. The van der Waals surface area contributed by atoms with E-state index in [2.05, 4.69) is 43.7 Å². The van der Waals surface area contributed by atoms with E-state index in [1.54, 1.807) is 0 Å². The summed E-state index contributed by atoms with van der Waals surface area (Å²) in [7, 11) is 0. The van der Waals surface area contributed by atoms with Crippen LogP contribution < -0.4 is 0 Å². The molecule has 1 aliphatic heterocycles. The molecule has 2 heteroatoms. The Hall–Kier alpha value is -1.18. The van der Waals surface area contributed by atoms with Crippen molar-refractivity contribution in [3.63, 3.8) is 0 Å². The van der Waals surface area contributed by atoms with E-state index < -0.39 is 0 Å². The normalized spacial score (nSPS) is 14.7. The van der Waals surface area contributed by atoms with Crippen molar-refractivity contribution in [1.29, 1.82) is 0 Å². The largest absolute Gasteiger partial charge is 0.258 e. The van der Waals surface area contributed by atoms with Crippen molar-refractivity contribution < 1.29 is 0 Å². The minimum absolute atomic E-state index is 0.529. The summed E-state index contributed by atoms with van der Waals surface area (Å²) < 4.78 is 0. The summed E-state index contributed by atoms with van der Waals surface area (Å²) in [6, 6.07) is 2.18. The van der Waals surface area contributed by atoms with Crippen molar-refractivity contribution >= 4 is 11.4 Å². The average molecular weight is 202 g/mol. The maximum Gasteiger partial charge on any atom is 0.0851 e. The van der Waals surface area contributed by atoms with Crippen molar-refractivity contribution in [2.75, 3.05) is 0 Å². The zero-order chi connectivity index (χ0) is 11.0. The van der Waals surface area contributed by atoms with Crippen molar-refractivity contribution in [2.24, 2.45) is 10.9 Å². The molecule has 0 saturated heterocycles. The van der Waals surface area contributed by atoms with Gasteiger partial charge in [-0.05, 0) is 23.5 Å². The fraction of sp³-hybridized carbons (Fsp3) is 0.538. The minimum Gasteiger partial charge on any atom is -0.258 e. The van der Waals surface area contributed by atoms with E-state index in [1.807, 2.05) is 6.20 Å². The molecule has 2 nitrogen and oxygen atoms in total. The molecule has 1 aromatic rings. The lowest BCUT2D eigenvalue weighted by atomic mass is 10.0. The van der Waals surface area contributed by atoms with E-state index in [9.17, 15) is 0 Å². The van der Waals surface area contributed by atoms with E-state index in [-0.39, 0.29) is 0 Å². The second-order valence-corrected chi connectivity index (χ2v) is 4.82. The summed E-state index contributed by atoms with van der Waals surface area (Å²) in [6.07, 6.45) is 2.92. The molecule has 0 saturated carbocycles. The summed E-state index contributed by atoms with van der Waals surface area (Å²) in [5.41, 5.74) is 4.77. The Labute approximate surface area is 91.5 Å². The summed E-state index contributed by atoms with van der Waals surface area (Å²) in [6.45, 7) is 8.75. The third kappa shape index (κ3) is 1.94. The van der Waals surface area contributed by atoms with Gasteiger partial charge in [0.05, 0.1) is 11.4 Å². The number of pyridine rings is 1. The van der Waals surface area contributed by atoms with Crippen molar-refractivity contribution in [2.45, 2.75) is 40.0 Å². The Balaban J connectivity index is 2.34.